The third-order valence-electron chi connectivity index (χ3n) is 2.80. The zero-order valence-electron chi connectivity index (χ0n) is 11.1. The number of carboxylic acid groups (broad SMARTS) is 1. The maximum atomic E-state index is 12.0. The minimum absolute atomic E-state index is 0.0716. The summed E-state index contributed by atoms with van der Waals surface area (Å²) in [6.07, 6.45) is -0.432. The fraction of sp³-hybridized carbons (Fsp3) is 0.385. The normalized spacial score (nSPS) is 11.2. The van der Waals surface area contributed by atoms with Gasteiger partial charge in [0, 0.05) is 13.1 Å². The van der Waals surface area contributed by atoms with Crippen LogP contribution in [-0.4, -0.2) is 36.1 Å². The van der Waals surface area contributed by atoms with E-state index in [4.69, 9.17) is 10.4 Å². The lowest BCUT2D eigenvalue weighted by molar-refractivity contribution is -0.136. The van der Waals surface area contributed by atoms with Gasteiger partial charge in [-0.25, -0.2) is 8.42 Å². The summed E-state index contributed by atoms with van der Waals surface area (Å²) >= 11 is 0. The van der Waals surface area contributed by atoms with Crippen LogP contribution in [0.3, 0.4) is 0 Å². The van der Waals surface area contributed by atoms with Crippen molar-refractivity contribution >= 4 is 16.0 Å². The molecule has 1 aromatic carbocycles. The summed E-state index contributed by atoms with van der Waals surface area (Å²) in [6.45, 7) is 1.97. The van der Waals surface area contributed by atoms with Gasteiger partial charge in [-0.05, 0) is 11.6 Å². The van der Waals surface area contributed by atoms with Gasteiger partial charge in [-0.3, -0.25) is 4.79 Å². The summed E-state index contributed by atoms with van der Waals surface area (Å²) in [6, 6.07) is 8.75. The molecule has 0 fully saturated rings. The van der Waals surface area contributed by atoms with Crippen molar-refractivity contribution in [1.82, 2.24) is 4.31 Å². The highest BCUT2D eigenvalue weighted by molar-refractivity contribution is 7.89. The molecule has 0 atom stereocenters. The number of hydrogen-bond acceptors (Lipinski definition) is 4. The molecule has 1 rings (SSSR count). The first-order valence-electron chi connectivity index (χ1n) is 6.08. The molecule has 0 amide bonds. The van der Waals surface area contributed by atoms with Gasteiger partial charge in [-0.15, -0.1) is 0 Å². The molecule has 7 heteroatoms. The molecule has 0 saturated heterocycles. The number of rotatable bonds is 7. The summed E-state index contributed by atoms with van der Waals surface area (Å²) in [5.41, 5.74) is 1.02. The fourth-order valence-corrected chi connectivity index (χ4v) is 3.13. The molecule has 20 heavy (non-hydrogen) atoms. The van der Waals surface area contributed by atoms with E-state index in [-0.39, 0.29) is 13.1 Å². The van der Waals surface area contributed by atoms with Gasteiger partial charge in [-0.1, -0.05) is 25.1 Å². The maximum Gasteiger partial charge on any atom is 0.304 e. The summed E-state index contributed by atoms with van der Waals surface area (Å²) in [7, 11) is -3.65. The second-order valence-electron chi connectivity index (χ2n) is 4.15. The van der Waals surface area contributed by atoms with Crippen LogP contribution in [-0.2, 0) is 21.4 Å². The number of carbonyl (C=O) groups is 1. The lowest BCUT2D eigenvalue weighted by atomic mass is 10.1. The Bertz CT molecular complexity index is 620. The van der Waals surface area contributed by atoms with Gasteiger partial charge < -0.3 is 5.11 Å². The second kappa shape index (κ2) is 7.03. The molecule has 108 valence electrons. The molecule has 1 aromatic rings. The minimum Gasteiger partial charge on any atom is -0.481 e. The molecule has 0 aliphatic carbocycles. The van der Waals surface area contributed by atoms with E-state index in [1.807, 2.05) is 6.07 Å². The quantitative estimate of drug-likeness (QED) is 0.814. The average Bonchev–Trinajstić information content (AvgIpc) is 2.42. The van der Waals surface area contributed by atoms with E-state index in [1.54, 1.807) is 31.2 Å². The largest absolute Gasteiger partial charge is 0.481 e. The summed E-state index contributed by atoms with van der Waals surface area (Å²) in [4.78, 5) is 10.5. The van der Waals surface area contributed by atoms with Crippen molar-refractivity contribution in [2.24, 2.45) is 0 Å². The van der Waals surface area contributed by atoms with Crippen LogP contribution in [0.2, 0.25) is 0 Å². The van der Waals surface area contributed by atoms with Crippen LogP contribution in [0.1, 0.15) is 24.5 Å². The highest BCUT2D eigenvalue weighted by Gasteiger charge is 2.22. The Morgan fingerprint density at radius 2 is 2.05 bits per heavy atom. The topological polar surface area (TPSA) is 98.5 Å². The summed E-state index contributed by atoms with van der Waals surface area (Å²) in [5, 5.41) is 17.6. The molecule has 0 aliphatic heterocycles. The van der Waals surface area contributed by atoms with Gasteiger partial charge in [-0.2, -0.15) is 9.57 Å². The van der Waals surface area contributed by atoms with E-state index in [0.29, 0.717) is 11.1 Å². The number of nitrogens with zero attached hydrogens (tertiary/aromatic N) is 2. The van der Waals surface area contributed by atoms with E-state index < -0.39 is 28.2 Å². The van der Waals surface area contributed by atoms with E-state index in [9.17, 15) is 13.2 Å². The molecular formula is C13H16N2O4S. The number of sulfonamides is 1. The van der Waals surface area contributed by atoms with Crippen LogP contribution in [0.25, 0.3) is 0 Å². The first kappa shape index (κ1) is 16.1. The maximum absolute atomic E-state index is 12.0. The van der Waals surface area contributed by atoms with Crippen LogP contribution in [0.15, 0.2) is 24.3 Å². The lowest BCUT2D eigenvalue weighted by Crippen LogP contribution is -2.33. The highest BCUT2D eigenvalue weighted by atomic mass is 32.2. The van der Waals surface area contributed by atoms with Crippen LogP contribution in [0.4, 0.5) is 0 Å². The van der Waals surface area contributed by atoms with Crippen LogP contribution in [0.5, 0.6) is 0 Å². The van der Waals surface area contributed by atoms with Crippen molar-refractivity contribution in [3.05, 3.63) is 35.4 Å². The molecule has 0 spiro atoms. The highest BCUT2D eigenvalue weighted by Crippen LogP contribution is 2.14. The number of hydrogen-bond donors (Lipinski definition) is 1. The first-order valence-corrected chi connectivity index (χ1v) is 7.69. The fourth-order valence-electron chi connectivity index (χ4n) is 1.71. The molecule has 0 radical (unpaired) electrons. The third kappa shape index (κ3) is 4.33. The zero-order chi connectivity index (χ0) is 15.2. The monoisotopic (exact) mass is 296 g/mol. The molecule has 0 aromatic heterocycles. The predicted molar refractivity (Wildman–Crippen MR) is 73.3 cm³/mol. The summed E-state index contributed by atoms with van der Waals surface area (Å²) < 4.78 is 25.3. The van der Waals surface area contributed by atoms with Crippen LogP contribution < -0.4 is 0 Å². The number of benzene rings is 1. The Labute approximate surface area is 118 Å². The minimum atomic E-state index is -3.65. The van der Waals surface area contributed by atoms with Crippen molar-refractivity contribution in [2.75, 3.05) is 12.3 Å². The molecule has 6 nitrogen and oxygen atoms in total. The molecule has 0 aliphatic rings. The van der Waals surface area contributed by atoms with Crippen molar-refractivity contribution in [2.45, 2.75) is 19.9 Å². The van der Waals surface area contributed by atoms with Gasteiger partial charge in [0.1, 0.15) is 0 Å². The first-order chi connectivity index (χ1) is 9.40. The molecule has 0 heterocycles. The third-order valence-corrected chi connectivity index (χ3v) is 4.70. The Morgan fingerprint density at radius 1 is 1.40 bits per heavy atom. The predicted octanol–water partition coefficient (Wildman–Crippen LogP) is 1.18. The van der Waals surface area contributed by atoms with Crippen molar-refractivity contribution in [1.29, 1.82) is 5.26 Å². The molecule has 1 N–H and O–H groups in total. The Hall–Kier alpha value is -1.91. The van der Waals surface area contributed by atoms with Crippen LogP contribution >= 0.6 is 0 Å². The van der Waals surface area contributed by atoms with E-state index in [2.05, 4.69) is 0 Å². The Balaban J connectivity index is 2.92. The Morgan fingerprint density at radius 3 is 2.60 bits per heavy atom. The van der Waals surface area contributed by atoms with E-state index >= 15 is 0 Å². The van der Waals surface area contributed by atoms with Gasteiger partial charge in [0.2, 0.25) is 10.0 Å². The van der Waals surface area contributed by atoms with Crippen molar-refractivity contribution in [3.8, 4) is 6.07 Å². The van der Waals surface area contributed by atoms with E-state index in [0.717, 1.165) is 0 Å². The summed E-state index contributed by atoms with van der Waals surface area (Å²) in [5.74, 6) is -1.59. The standard InChI is InChI=1S/C13H16N2O4S/c1-2-15(20(18,19)8-7-13(16)17)10-12-6-4-3-5-11(12)9-14/h3-6H,2,7-8,10H2,1H3,(H,16,17). The van der Waals surface area contributed by atoms with Crippen molar-refractivity contribution < 1.29 is 18.3 Å². The SMILES string of the molecule is CCN(Cc1ccccc1C#N)S(=O)(=O)CCC(=O)O. The molecule has 0 unspecified atom stereocenters. The van der Waals surface area contributed by atoms with Gasteiger partial charge in [0.15, 0.2) is 0 Å². The van der Waals surface area contributed by atoms with Crippen LogP contribution in [0, 0.1) is 11.3 Å². The lowest BCUT2D eigenvalue weighted by Gasteiger charge is -2.20. The van der Waals surface area contributed by atoms with Gasteiger partial charge in [0.05, 0.1) is 23.8 Å². The second-order valence-corrected chi connectivity index (χ2v) is 6.24. The molecular weight excluding hydrogens is 280 g/mol. The Kier molecular flexibility index (Phi) is 5.67. The van der Waals surface area contributed by atoms with E-state index in [1.165, 1.54) is 4.31 Å². The van der Waals surface area contributed by atoms with Crippen molar-refractivity contribution in [3.63, 3.8) is 0 Å². The molecule has 0 bridgehead atoms. The number of nitriles is 1. The smallest absolute Gasteiger partial charge is 0.304 e. The number of aliphatic carboxylic acids is 1. The molecule has 0 saturated carbocycles. The van der Waals surface area contributed by atoms with Gasteiger partial charge in [0.25, 0.3) is 0 Å². The van der Waals surface area contributed by atoms with Gasteiger partial charge >= 0.3 is 5.97 Å². The zero-order valence-corrected chi connectivity index (χ0v) is 11.9. The number of carboxylic acids is 1. The average molecular weight is 296 g/mol.